The zero-order valence-corrected chi connectivity index (χ0v) is 12.3. The third-order valence-electron chi connectivity index (χ3n) is 2.80. The van der Waals surface area contributed by atoms with Crippen LogP contribution < -0.4 is 5.32 Å². The van der Waals surface area contributed by atoms with Crippen LogP contribution in [0, 0.1) is 5.92 Å². The number of aliphatic carboxylic acids is 1. The van der Waals surface area contributed by atoms with Crippen LogP contribution in [-0.4, -0.2) is 36.2 Å². The number of unbranched alkanes of at least 4 members (excludes halogenated alkanes) is 2. The Bertz CT molecular complexity index is 266. The van der Waals surface area contributed by atoms with E-state index in [2.05, 4.69) is 19.2 Å². The molecule has 0 aromatic rings. The zero-order chi connectivity index (χ0) is 14.7. The maximum atomic E-state index is 11.6. The lowest BCUT2D eigenvalue weighted by Gasteiger charge is -2.14. The van der Waals surface area contributed by atoms with Gasteiger partial charge in [0.1, 0.15) is 6.10 Å². The number of carbonyl (C=O) groups excluding carboxylic acids is 1. The summed E-state index contributed by atoms with van der Waals surface area (Å²) >= 11 is 0. The molecular weight excluding hydrogens is 246 g/mol. The van der Waals surface area contributed by atoms with Gasteiger partial charge < -0.3 is 15.2 Å². The van der Waals surface area contributed by atoms with Crippen molar-refractivity contribution in [2.75, 3.05) is 13.2 Å². The van der Waals surface area contributed by atoms with E-state index in [1.807, 2.05) is 0 Å². The number of hydrogen-bond acceptors (Lipinski definition) is 3. The molecule has 0 aliphatic rings. The summed E-state index contributed by atoms with van der Waals surface area (Å²) in [5.41, 5.74) is 0. The molecule has 0 radical (unpaired) electrons. The number of hydrogen-bond donors (Lipinski definition) is 2. The molecule has 1 atom stereocenters. The van der Waals surface area contributed by atoms with E-state index in [1.54, 1.807) is 6.92 Å². The molecule has 0 heterocycles. The van der Waals surface area contributed by atoms with Gasteiger partial charge in [-0.2, -0.15) is 0 Å². The van der Waals surface area contributed by atoms with Crippen molar-refractivity contribution >= 4 is 11.9 Å². The molecule has 0 aromatic carbocycles. The Morgan fingerprint density at radius 1 is 1.16 bits per heavy atom. The zero-order valence-electron chi connectivity index (χ0n) is 12.3. The standard InChI is InChI=1S/C14H27NO4/c1-11(2)8-10-19-12(3)14(18)15-9-6-4-5-7-13(16)17/h11-12H,4-10H2,1-3H3,(H,15,18)(H,16,17). The summed E-state index contributed by atoms with van der Waals surface area (Å²) in [6.07, 6.45) is 3.01. The second-order valence-electron chi connectivity index (χ2n) is 5.19. The smallest absolute Gasteiger partial charge is 0.303 e. The number of ether oxygens (including phenoxy) is 1. The predicted octanol–water partition coefficient (Wildman–Crippen LogP) is 2.20. The molecule has 1 amide bonds. The first-order valence-corrected chi connectivity index (χ1v) is 7.04. The van der Waals surface area contributed by atoms with Gasteiger partial charge in [-0.25, -0.2) is 0 Å². The van der Waals surface area contributed by atoms with Gasteiger partial charge in [0.25, 0.3) is 0 Å². The highest BCUT2D eigenvalue weighted by atomic mass is 16.5. The van der Waals surface area contributed by atoms with Crippen LogP contribution in [-0.2, 0) is 14.3 Å². The Hall–Kier alpha value is -1.10. The van der Waals surface area contributed by atoms with E-state index in [9.17, 15) is 9.59 Å². The van der Waals surface area contributed by atoms with Crippen molar-refractivity contribution in [3.05, 3.63) is 0 Å². The molecule has 2 N–H and O–H groups in total. The molecule has 0 spiro atoms. The molecule has 19 heavy (non-hydrogen) atoms. The van der Waals surface area contributed by atoms with Crippen molar-refractivity contribution in [1.29, 1.82) is 0 Å². The van der Waals surface area contributed by atoms with E-state index in [1.165, 1.54) is 0 Å². The molecule has 0 fully saturated rings. The maximum absolute atomic E-state index is 11.6. The number of rotatable bonds is 11. The fraction of sp³-hybridized carbons (Fsp3) is 0.857. The second-order valence-corrected chi connectivity index (χ2v) is 5.19. The van der Waals surface area contributed by atoms with Crippen LogP contribution in [0.2, 0.25) is 0 Å². The van der Waals surface area contributed by atoms with Gasteiger partial charge >= 0.3 is 5.97 Å². The van der Waals surface area contributed by atoms with E-state index in [0.717, 1.165) is 19.3 Å². The summed E-state index contributed by atoms with van der Waals surface area (Å²) in [5.74, 6) is -0.289. The molecule has 0 aromatic heterocycles. The Morgan fingerprint density at radius 2 is 1.84 bits per heavy atom. The average Bonchev–Trinajstić information content (AvgIpc) is 2.32. The van der Waals surface area contributed by atoms with Crippen LogP contribution in [0.4, 0.5) is 0 Å². The molecule has 0 rings (SSSR count). The van der Waals surface area contributed by atoms with Crippen molar-refractivity contribution in [3.63, 3.8) is 0 Å². The number of amides is 1. The average molecular weight is 273 g/mol. The molecule has 1 unspecified atom stereocenters. The van der Waals surface area contributed by atoms with Gasteiger partial charge in [-0.1, -0.05) is 20.3 Å². The predicted molar refractivity (Wildman–Crippen MR) is 74.0 cm³/mol. The van der Waals surface area contributed by atoms with Crippen molar-refractivity contribution in [2.45, 2.75) is 59.0 Å². The number of carbonyl (C=O) groups is 2. The van der Waals surface area contributed by atoms with Gasteiger partial charge in [0.05, 0.1) is 0 Å². The van der Waals surface area contributed by atoms with E-state index in [0.29, 0.717) is 25.5 Å². The second kappa shape index (κ2) is 10.8. The van der Waals surface area contributed by atoms with Gasteiger partial charge in [0.2, 0.25) is 5.91 Å². The Balaban J connectivity index is 3.49. The molecule has 0 saturated heterocycles. The summed E-state index contributed by atoms with van der Waals surface area (Å²) in [5, 5.41) is 11.3. The minimum absolute atomic E-state index is 0.0954. The quantitative estimate of drug-likeness (QED) is 0.566. The molecule has 0 aliphatic heterocycles. The fourth-order valence-corrected chi connectivity index (χ4v) is 1.49. The molecule has 5 heteroatoms. The summed E-state index contributed by atoms with van der Waals surface area (Å²) in [6, 6.07) is 0. The molecular formula is C14H27NO4. The maximum Gasteiger partial charge on any atom is 0.303 e. The molecule has 0 aliphatic carbocycles. The Kier molecular flexibility index (Phi) is 10.2. The van der Waals surface area contributed by atoms with Gasteiger partial charge in [0.15, 0.2) is 0 Å². The SMILES string of the molecule is CC(C)CCOC(C)C(=O)NCCCCCC(=O)O. The van der Waals surface area contributed by atoms with E-state index >= 15 is 0 Å². The van der Waals surface area contributed by atoms with Crippen LogP contribution >= 0.6 is 0 Å². The van der Waals surface area contributed by atoms with Gasteiger partial charge in [0, 0.05) is 19.6 Å². The van der Waals surface area contributed by atoms with Crippen LogP contribution in [0.25, 0.3) is 0 Å². The normalized spacial score (nSPS) is 12.4. The first kappa shape index (κ1) is 17.9. The van der Waals surface area contributed by atoms with Gasteiger partial charge in [-0.15, -0.1) is 0 Å². The minimum atomic E-state index is -0.767. The first-order chi connectivity index (χ1) is 8.93. The molecule has 5 nitrogen and oxygen atoms in total. The largest absolute Gasteiger partial charge is 0.481 e. The summed E-state index contributed by atoms with van der Waals surface area (Å²) in [4.78, 5) is 21.9. The highest BCUT2D eigenvalue weighted by molar-refractivity contribution is 5.80. The summed E-state index contributed by atoms with van der Waals surface area (Å²) in [7, 11) is 0. The molecule has 0 saturated carbocycles. The third kappa shape index (κ3) is 11.7. The van der Waals surface area contributed by atoms with Gasteiger partial charge in [-0.3, -0.25) is 9.59 Å². The number of carboxylic acid groups (broad SMARTS) is 1. The Labute approximate surface area is 115 Å². The van der Waals surface area contributed by atoms with Crippen molar-refractivity contribution in [2.24, 2.45) is 5.92 Å². The summed E-state index contributed by atoms with van der Waals surface area (Å²) in [6.45, 7) is 7.16. The molecule has 112 valence electrons. The fourth-order valence-electron chi connectivity index (χ4n) is 1.49. The summed E-state index contributed by atoms with van der Waals surface area (Å²) < 4.78 is 5.43. The van der Waals surface area contributed by atoms with Crippen LogP contribution in [0.15, 0.2) is 0 Å². The van der Waals surface area contributed by atoms with Crippen LogP contribution in [0.1, 0.15) is 52.9 Å². The first-order valence-electron chi connectivity index (χ1n) is 7.04. The highest BCUT2D eigenvalue weighted by Crippen LogP contribution is 2.02. The van der Waals surface area contributed by atoms with Crippen LogP contribution in [0.5, 0.6) is 0 Å². The molecule has 0 bridgehead atoms. The van der Waals surface area contributed by atoms with E-state index in [4.69, 9.17) is 9.84 Å². The third-order valence-corrected chi connectivity index (χ3v) is 2.80. The topological polar surface area (TPSA) is 75.6 Å². The lowest BCUT2D eigenvalue weighted by molar-refractivity contribution is -0.137. The number of carboxylic acids is 1. The number of nitrogens with one attached hydrogen (secondary N) is 1. The van der Waals surface area contributed by atoms with E-state index in [-0.39, 0.29) is 12.3 Å². The van der Waals surface area contributed by atoms with Crippen molar-refractivity contribution in [3.8, 4) is 0 Å². The highest BCUT2D eigenvalue weighted by Gasteiger charge is 2.12. The lowest BCUT2D eigenvalue weighted by Crippen LogP contribution is -2.35. The van der Waals surface area contributed by atoms with E-state index < -0.39 is 12.1 Å². The minimum Gasteiger partial charge on any atom is -0.481 e. The Morgan fingerprint density at radius 3 is 2.42 bits per heavy atom. The lowest BCUT2D eigenvalue weighted by atomic mass is 10.1. The monoisotopic (exact) mass is 273 g/mol. The van der Waals surface area contributed by atoms with Crippen molar-refractivity contribution in [1.82, 2.24) is 5.32 Å². The van der Waals surface area contributed by atoms with Crippen LogP contribution in [0.3, 0.4) is 0 Å². The van der Waals surface area contributed by atoms with Gasteiger partial charge in [-0.05, 0) is 32.1 Å². The van der Waals surface area contributed by atoms with Crippen molar-refractivity contribution < 1.29 is 19.4 Å².